The lowest BCUT2D eigenvalue weighted by molar-refractivity contribution is -0.111. The Hall–Kier alpha value is -3.28. The minimum atomic E-state index is -0.393. The lowest BCUT2D eigenvalue weighted by Gasteiger charge is -2.07. The third-order valence-corrected chi connectivity index (χ3v) is 3.51. The summed E-state index contributed by atoms with van der Waals surface area (Å²) in [6.07, 6.45) is 3.04. The molecule has 0 atom stereocenters. The molecule has 1 amide bonds. The van der Waals surface area contributed by atoms with E-state index in [0.29, 0.717) is 29.4 Å². The Morgan fingerprint density at radius 1 is 1.04 bits per heavy atom. The number of carbonyl (C=O) groups is 2. The number of hydrogen-bond donors (Lipinski definition) is 1. The van der Waals surface area contributed by atoms with E-state index >= 15 is 0 Å². The molecule has 1 N–H and O–H groups in total. The Kier molecular flexibility index (Phi) is 6.79. The smallest absolute Gasteiger partial charge is 0.338 e. The summed E-state index contributed by atoms with van der Waals surface area (Å²) in [4.78, 5) is 23.7. The van der Waals surface area contributed by atoms with Crippen LogP contribution < -0.4 is 14.8 Å². The SMILES string of the molecule is CCOC(=O)c1ccc(NC(=O)/C=C/c2cc(OC)ccc2OC)cc1. The lowest BCUT2D eigenvalue weighted by atomic mass is 10.1. The second kappa shape index (κ2) is 9.27. The van der Waals surface area contributed by atoms with Crippen molar-refractivity contribution in [3.63, 3.8) is 0 Å². The van der Waals surface area contributed by atoms with Gasteiger partial charge in [0.1, 0.15) is 11.5 Å². The molecule has 0 fully saturated rings. The Morgan fingerprint density at radius 3 is 2.38 bits per heavy atom. The van der Waals surface area contributed by atoms with Gasteiger partial charge in [-0.15, -0.1) is 0 Å². The first-order valence-corrected chi connectivity index (χ1v) is 8.05. The van der Waals surface area contributed by atoms with Gasteiger partial charge in [0.05, 0.1) is 26.4 Å². The van der Waals surface area contributed by atoms with E-state index in [2.05, 4.69) is 5.32 Å². The maximum absolute atomic E-state index is 12.1. The molecule has 2 aromatic carbocycles. The van der Waals surface area contributed by atoms with Crippen molar-refractivity contribution in [1.82, 2.24) is 0 Å². The molecule has 0 aromatic heterocycles. The molecule has 0 heterocycles. The first-order valence-electron chi connectivity index (χ1n) is 8.05. The number of ether oxygens (including phenoxy) is 3. The standard InChI is InChI=1S/C20H21NO5/c1-4-26-20(23)14-5-8-16(9-6-14)21-19(22)12-7-15-13-17(24-2)10-11-18(15)25-3/h5-13H,4H2,1-3H3,(H,21,22)/b12-7+. The number of anilines is 1. The molecule has 0 radical (unpaired) electrons. The van der Waals surface area contributed by atoms with Gasteiger partial charge in [0.25, 0.3) is 0 Å². The van der Waals surface area contributed by atoms with Crippen LogP contribution in [0.5, 0.6) is 11.5 Å². The molecule has 26 heavy (non-hydrogen) atoms. The number of benzene rings is 2. The summed E-state index contributed by atoms with van der Waals surface area (Å²) in [7, 11) is 3.13. The summed E-state index contributed by atoms with van der Waals surface area (Å²) in [6, 6.07) is 11.8. The van der Waals surface area contributed by atoms with Crippen molar-refractivity contribution in [2.75, 3.05) is 26.1 Å². The van der Waals surface area contributed by atoms with Crippen LogP contribution >= 0.6 is 0 Å². The zero-order valence-corrected chi connectivity index (χ0v) is 14.9. The van der Waals surface area contributed by atoms with E-state index < -0.39 is 5.97 Å². The summed E-state index contributed by atoms with van der Waals surface area (Å²) >= 11 is 0. The molecule has 2 aromatic rings. The molecule has 0 unspecified atom stereocenters. The molecule has 0 aliphatic carbocycles. The Bertz CT molecular complexity index is 796. The fourth-order valence-corrected chi connectivity index (χ4v) is 2.22. The van der Waals surface area contributed by atoms with E-state index in [4.69, 9.17) is 14.2 Å². The van der Waals surface area contributed by atoms with Gasteiger partial charge in [-0.2, -0.15) is 0 Å². The molecular formula is C20H21NO5. The molecule has 2 rings (SSSR count). The monoisotopic (exact) mass is 355 g/mol. The number of esters is 1. The van der Waals surface area contributed by atoms with E-state index in [0.717, 1.165) is 5.56 Å². The van der Waals surface area contributed by atoms with E-state index in [1.807, 2.05) is 0 Å². The van der Waals surface area contributed by atoms with Crippen LogP contribution in [0.2, 0.25) is 0 Å². The van der Waals surface area contributed by atoms with Gasteiger partial charge in [0.15, 0.2) is 0 Å². The van der Waals surface area contributed by atoms with Crippen molar-refractivity contribution in [3.8, 4) is 11.5 Å². The first kappa shape index (κ1) is 19.1. The first-order chi connectivity index (χ1) is 12.6. The minimum Gasteiger partial charge on any atom is -0.497 e. The lowest BCUT2D eigenvalue weighted by Crippen LogP contribution is -2.09. The quantitative estimate of drug-likeness (QED) is 0.607. The van der Waals surface area contributed by atoms with Gasteiger partial charge in [0.2, 0.25) is 5.91 Å². The average Bonchev–Trinajstić information content (AvgIpc) is 2.66. The molecule has 0 aliphatic rings. The summed E-state index contributed by atoms with van der Waals surface area (Å²) in [5.74, 6) is 0.600. The van der Waals surface area contributed by atoms with Gasteiger partial charge < -0.3 is 19.5 Å². The van der Waals surface area contributed by atoms with Crippen LogP contribution in [-0.4, -0.2) is 32.7 Å². The van der Waals surface area contributed by atoms with Gasteiger partial charge in [-0.1, -0.05) is 0 Å². The number of amides is 1. The summed E-state index contributed by atoms with van der Waals surface area (Å²) in [6.45, 7) is 2.06. The van der Waals surface area contributed by atoms with E-state index in [1.54, 1.807) is 69.7 Å². The largest absolute Gasteiger partial charge is 0.497 e. The zero-order valence-electron chi connectivity index (χ0n) is 14.9. The van der Waals surface area contributed by atoms with E-state index in [1.165, 1.54) is 6.08 Å². The van der Waals surface area contributed by atoms with Crippen molar-refractivity contribution >= 4 is 23.6 Å². The molecule has 0 saturated carbocycles. The van der Waals surface area contributed by atoms with Crippen molar-refractivity contribution in [3.05, 3.63) is 59.7 Å². The van der Waals surface area contributed by atoms with Gasteiger partial charge in [0, 0.05) is 17.3 Å². The summed E-state index contributed by atoms with van der Waals surface area (Å²) in [5.41, 5.74) is 1.73. The molecule has 136 valence electrons. The maximum atomic E-state index is 12.1. The van der Waals surface area contributed by atoms with Crippen molar-refractivity contribution in [2.45, 2.75) is 6.92 Å². The minimum absolute atomic E-state index is 0.307. The highest BCUT2D eigenvalue weighted by Crippen LogP contribution is 2.25. The zero-order chi connectivity index (χ0) is 18.9. The highest BCUT2D eigenvalue weighted by molar-refractivity contribution is 6.02. The average molecular weight is 355 g/mol. The van der Waals surface area contributed by atoms with Crippen molar-refractivity contribution < 1.29 is 23.8 Å². The number of rotatable bonds is 7. The molecule has 0 aliphatic heterocycles. The number of nitrogens with one attached hydrogen (secondary N) is 1. The number of methoxy groups -OCH3 is 2. The molecular weight excluding hydrogens is 334 g/mol. The highest BCUT2D eigenvalue weighted by Gasteiger charge is 2.07. The van der Waals surface area contributed by atoms with Crippen LogP contribution in [0.15, 0.2) is 48.5 Å². The predicted octanol–water partition coefficient (Wildman–Crippen LogP) is 3.53. The summed E-state index contributed by atoms with van der Waals surface area (Å²) < 4.78 is 15.4. The van der Waals surface area contributed by atoms with E-state index in [9.17, 15) is 9.59 Å². The van der Waals surface area contributed by atoms with Crippen LogP contribution in [0, 0.1) is 0 Å². The maximum Gasteiger partial charge on any atom is 0.338 e. The topological polar surface area (TPSA) is 73.9 Å². The van der Waals surface area contributed by atoms with Gasteiger partial charge in [-0.25, -0.2) is 4.79 Å². The molecule has 0 bridgehead atoms. The second-order valence-electron chi connectivity index (χ2n) is 5.23. The Morgan fingerprint density at radius 2 is 1.77 bits per heavy atom. The highest BCUT2D eigenvalue weighted by atomic mass is 16.5. The number of carbonyl (C=O) groups excluding carboxylic acids is 2. The predicted molar refractivity (Wildman–Crippen MR) is 99.6 cm³/mol. The third kappa shape index (κ3) is 5.11. The number of hydrogen-bond acceptors (Lipinski definition) is 5. The van der Waals surface area contributed by atoms with Crippen molar-refractivity contribution in [2.24, 2.45) is 0 Å². The molecule has 0 spiro atoms. The van der Waals surface area contributed by atoms with Crippen LogP contribution in [0.3, 0.4) is 0 Å². The van der Waals surface area contributed by atoms with Crippen LogP contribution in [0.4, 0.5) is 5.69 Å². The van der Waals surface area contributed by atoms with Crippen molar-refractivity contribution in [1.29, 1.82) is 0 Å². The van der Waals surface area contributed by atoms with Gasteiger partial charge in [-0.05, 0) is 55.5 Å². The van der Waals surface area contributed by atoms with Crippen LogP contribution in [-0.2, 0) is 9.53 Å². The fourth-order valence-electron chi connectivity index (χ4n) is 2.22. The fraction of sp³-hybridized carbons (Fsp3) is 0.200. The molecule has 6 heteroatoms. The van der Waals surface area contributed by atoms with Crippen LogP contribution in [0.1, 0.15) is 22.8 Å². The normalized spacial score (nSPS) is 10.4. The third-order valence-electron chi connectivity index (χ3n) is 3.51. The molecule has 0 saturated heterocycles. The van der Waals surface area contributed by atoms with Gasteiger partial charge in [-0.3, -0.25) is 4.79 Å². The van der Waals surface area contributed by atoms with Crippen LogP contribution in [0.25, 0.3) is 6.08 Å². The Balaban J connectivity index is 2.04. The Labute approximate surface area is 152 Å². The van der Waals surface area contributed by atoms with Gasteiger partial charge >= 0.3 is 5.97 Å². The van der Waals surface area contributed by atoms with E-state index in [-0.39, 0.29) is 5.91 Å². The molecule has 6 nitrogen and oxygen atoms in total. The second-order valence-corrected chi connectivity index (χ2v) is 5.23. The summed E-state index contributed by atoms with van der Waals surface area (Å²) in [5, 5.41) is 2.73.